The molecule has 0 aromatic heterocycles. The monoisotopic (exact) mass is 289 g/mol. The summed E-state index contributed by atoms with van der Waals surface area (Å²) in [5.74, 6) is -2.52. The summed E-state index contributed by atoms with van der Waals surface area (Å²) in [6.07, 6.45) is 1.85. The van der Waals surface area contributed by atoms with Crippen LogP contribution >= 0.6 is 15.9 Å². The summed E-state index contributed by atoms with van der Waals surface area (Å²) < 4.78 is 26.8. The van der Waals surface area contributed by atoms with Crippen molar-refractivity contribution in [3.05, 3.63) is 33.8 Å². The minimum Gasteiger partial charge on any atom is -0.339 e. The molecule has 0 N–H and O–H groups in total. The second kappa shape index (κ2) is 4.49. The fraction of sp³-hybridized carbons (Fsp3) is 0.364. The van der Waals surface area contributed by atoms with E-state index in [-0.39, 0.29) is 10.0 Å². The second-order valence-corrected chi connectivity index (χ2v) is 4.58. The first-order valence-corrected chi connectivity index (χ1v) is 5.83. The molecule has 1 aromatic carbocycles. The molecule has 0 radical (unpaired) electrons. The van der Waals surface area contributed by atoms with Crippen molar-refractivity contribution < 1.29 is 13.6 Å². The molecule has 0 unspecified atom stereocenters. The van der Waals surface area contributed by atoms with E-state index in [2.05, 4.69) is 15.9 Å². The standard InChI is InChI=1S/C11H10BrF2NO/c12-8-4-3-7(9(13)10(8)14)11(16)15-5-1-2-6-15/h3-4H,1-2,5-6H2. The normalized spacial score (nSPS) is 15.6. The highest BCUT2D eigenvalue weighted by atomic mass is 79.9. The number of carbonyl (C=O) groups excluding carboxylic acids is 1. The Labute approximate surface area is 100 Å². The van der Waals surface area contributed by atoms with Gasteiger partial charge in [-0.15, -0.1) is 0 Å². The summed E-state index contributed by atoms with van der Waals surface area (Å²) in [5, 5.41) is 0. The molecule has 2 rings (SSSR count). The molecule has 1 aromatic rings. The molecule has 5 heteroatoms. The van der Waals surface area contributed by atoms with E-state index >= 15 is 0 Å². The maximum atomic E-state index is 13.5. The summed E-state index contributed by atoms with van der Waals surface area (Å²) in [7, 11) is 0. The molecular weight excluding hydrogens is 280 g/mol. The van der Waals surface area contributed by atoms with Crippen molar-refractivity contribution in [2.45, 2.75) is 12.8 Å². The topological polar surface area (TPSA) is 20.3 Å². The van der Waals surface area contributed by atoms with Gasteiger partial charge in [-0.3, -0.25) is 4.79 Å². The van der Waals surface area contributed by atoms with Gasteiger partial charge in [0.05, 0.1) is 10.0 Å². The van der Waals surface area contributed by atoms with E-state index in [0.29, 0.717) is 13.1 Å². The van der Waals surface area contributed by atoms with Gasteiger partial charge in [0, 0.05) is 13.1 Å². The van der Waals surface area contributed by atoms with E-state index < -0.39 is 17.5 Å². The lowest BCUT2D eigenvalue weighted by atomic mass is 10.2. The second-order valence-electron chi connectivity index (χ2n) is 3.72. The number of likely N-dealkylation sites (tertiary alicyclic amines) is 1. The van der Waals surface area contributed by atoms with Crippen molar-refractivity contribution in [1.29, 1.82) is 0 Å². The van der Waals surface area contributed by atoms with Crippen LogP contribution in [0.15, 0.2) is 16.6 Å². The van der Waals surface area contributed by atoms with Crippen molar-refractivity contribution in [2.75, 3.05) is 13.1 Å². The van der Waals surface area contributed by atoms with Crippen LogP contribution in [0.25, 0.3) is 0 Å². The quantitative estimate of drug-likeness (QED) is 0.728. The van der Waals surface area contributed by atoms with Gasteiger partial charge < -0.3 is 4.90 Å². The van der Waals surface area contributed by atoms with Gasteiger partial charge in [0.15, 0.2) is 11.6 Å². The molecular formula is C11H10BrF2NO. The highest BCUT2D eigenvalue weighted by molar-refractivity contribution is 9.10. The van der Waals surface area contributed by atoms with Crippen LogP contribution in [0.3, 0.4) is 0 Å². The van der Waals surface area contributed by atoms with E-state index in [1.54, 1.807) is 4.90 Å². The van der Waals surface area contributed by atoms with Crippen LogP contribution in [0.1, 0.15) is 23.2 Å². The van der Waals surface area contributed by atoms with Crippen LogP contribution in [-0.4, -0.2) is 23.9 Å². The van der Waals surface area contributed by atoms with Crippen molar-refractivity contribution in [2.24, 2.45) is 0 Å². The Kier molecular flexibility index (Phi) is 3.23. The van der Waals surface area contributed by atoms with Crippen LogP contribution in [0.2, 0.25) is 0 Å². The third-order valence-electron chi connectivity index (χ3n) is 2.66. The Balaban J connectivity index is 2.33. The van der Waals surface area contributed by atoms with E-state index in [1.165, 1.54) is 12.1 Å². The maximum absolute atomic E-state index is 13.5. The molecule has 1 aliphatic heterocycles. The molecule has 86 valence electrons. The summed E-state index contributed by atoms with van der Waals surface area (Å²) >= 11 is 2.87. The largest absolute Gasteiger partial charge is 0.339 e. The molecule has 2 nitrogen and oxygen atoms in total. The fourth-order valence-corrected chi connectivity index (χ4v) is 2.09. The number of hydrogen-bond acceptors (Lipinski definition) is 1. The first-order valence-electron chi connectivity index (χ1n) is 5.04. The molecule has 1 amide bonds. The molecule has 0 bridgehead atoms. The minimum absolute atomic E-state index is 0.0305. The summed E-state index contributed by atoms with van der Waals surface area (Å²) in [5.41, 5.74) is -0.192. The first kappa shape index (κ1) is 11.5. The SMILES string of the molecule is O=C(c1ccc(Br)c(F)c1F)N1CCCC1. The molecule has 0 saturated carbocycles. The van der Waals surface area contributed by atoms with E-state index in [4.69, 9.17) is 0 Å². The zero-order valence-electron chi connectivity index (χ0n) is 8.47. The maximum Gasteiger partial charge on any atom is 0.256 e. The number of rotatable bonds is 1. The van der Waals surface area contributed by atoms with Crippen LogP contribution in [0, 0.1) is 11.6 Å². The fourth-order valence-electron chi connectivity index (χ4n) is 1.78. The molecule has 0 spiro atoms. The summed E-state index contributed by atoms with van der Waals surface area (Å²) in [6.45, 7) is 1.24. The number of benzene rings is 1. The van der Waals surface area contributed by atoms with Crippen molar-refractivity contribution >= 4 is 21.8 Å². The molecule has 1 fully saturated rings. The van der Waals surface area contributed by atoms with Crippen molar-refractivity contribution in [3.63, 3.8) is 0 Å². The van der Waals surface area contributed by atoms with Gasteiger partial charge in [0.2, 0.25) is 0 Å². The van der Waals surface area contributed by atoms with E-state index in [9.17, 15) is 13.6 Å². The minimum atomic E-state index is -1.08. The summed E-state index contributed by atoms with van der Waals surface area (Å²) in [6, 6.07) is 2.66. The third-order valence-corrected chi connectivity index (χ3v) is 3.27. The number of hydrogen-bond donors (Lipinski definition) is 0. The zero-order chi connectivity index (χ0) is 11.7. The van der Waals surface area contributed by atoms with Gasteiger partial charge in [-0.05, 0) is 40.9 Å². The van der Waals surface area contributed by atoms with Crippen molar-refractivity contribution in [3.8, 4) is 0 Å². The predicted octanol–water partition coefficient (Wildman–Crippen LogP) is 2.96. The van der Waals surface area contributed by atoms with Crippen LogP contribution < -0.4 is 0 Å². The Morgan fingerprint density at radius 3 is 2.44 bits per heavy atom. The Morgan fingerprint density at radius 1 is 1.19 bits per heavy atom. The number of carbonyl (C=O) groups is 1. The molecule has 1 aliphatic rings. The highest BCUT2D eigenvalue weighted by Gasteiger charge is 2.24. The molecule has 0 aliphatic carbocycles. The van der Waals surface area contributed by atoms with Crippen LogP contribution in [0.4, 0.5) is 8.78 Å². The number of amides is 1. The number of nitrogens with zero attached hydrogens (tertiary/aromatic N) is 1. The average Bonchev–Trinajstić information content (AvgIpc) is 2.79. The van der Waals surface area contributed by atoms with Gasteiger partial charge >= 0.3 is 0 Å². The highest BCUT2D eigenvalue weighted by Crippen LogP contribution is 2.23. The van der Waals surface area contributed by atoms with Crippen LogP contribution in [0.5, 0.6) is 0 Å². The van der Waals surface area contributed by atoms with Crippen LogP contribution in [-0.2, 0) is 0 Å². The summed E-state index contributed by atoms with van der Waals surface area (Å²) in [4.78, 5) is 13.4. The lowest BCUT2D eigenvalue weighted by molar-refractivity contribution is 0.0787. The first-order chi connectivity index (χ1) is 7.61. The Morgan fingerprint density at radius 2 is 1.81 bits per heavy atom. The molecule has 16 heavy (non-hydrogen) atoms. The Hall–Kier alpha value is -0.970. The molecule has 1 heterocycles. The Bertz CT molecular complexity index is 430. The van der Waals surface area contributed by atoms with E-state index in [0.717, 1.165) is 12.8 Å². The van der Waals surface area contributed by atoms with Gasteiger partial charge in [-0.25, -0.2) is 8.78 Å². The predicted molar refractivity (Wildman–Crippen MR) is 59.2 cm³/mol. The van der Waals surface area contributed by atoms with Gasteiger partial charge in [0.1, 0.15) is 0 Å². The average molecular weight is 290 g/mol. The lowest BCUT2D eigenvalue weighted by Crippen LogP contribution is -2.28. The molecule has 1 saturated heterocycles. The molecule has 0 atom stereocenters. The van der Waals surface area contributed by atoms with Gasteiger partial charge in [-0.1, -0.05) is 0 Å². The van der Waals surface area contributed by atoms with E-state index in [1.807, 2.05) is 0 Å². The lowest BCUT2D eigenvalue weighted by Gasteiger charge is -2.15. The van der Waals surface area contributed by atoms with Gasteiger partial charge in [-0.2, -0.15) is 0 Å². The van der Waals surface area contributed by atoms with Gasteiger partial charge in [0.25, 0.3) is 5.91 Å². The smallest absolute Gasteiger partial charge is 0.256 e. The number of halogens is 3. The zero-order valence-corrected chi connectivity index (χ0v) is 10.1. The van der Waals surface area contributed by atoms with Crippen molar-refractivity contribution in [1.82, 2.24) is 4.90 Å². The third kappa shape index (κ3) is 1.96.